The normalized spacial score (nSPS) is 11.3. The Morgan fingerprint density at radius 3 is 2.86 bits per heavy atom. The van der Waals surface area contributed by atoms with Crippen molar-refractivity contribution in [3.05, 3.63) is 69.7 Å². The summed E-state index contributed by atoms with van der Waals surface area (Å²) in [6.07, 6.45) is 7.15. The highest BCUT2D eigenvalue weighted by molar-refractivity contribution is 7.12. The maximum absolute atomic E-state index is 12.3. The second-order valence-corrected chi connectivity index (χ2v) is 6.43. The Morgan fingerprint density at radius 1 is 1.24 bits per heavy atom. The fourth-order valence-electron chi connectivity index (χ4n) is 2.42. The maximum Gasteiger partial charge on any atom is 0.186 e. The number of pyridine rings is 1. The van der Waals surface area contributed by atoms with Gasteiger partial charge in [0.25, 0.3) is 0 Å². The van der Waals surface area contributed by atoms with Crippen molar-refractivity contribution in [2.75, 3.05) is 0 Å². The van der Waals surface area contributed by atoms with Crippen LogP contribution in [0, 0.1) is 13.8 Å². The van der Waals surface area contributed by atoms with Crippen LogP contribution in [0.5, 0.6) is 0 Å². The standard InChI is InChI=1S/C18H15NOS/c1-12-10-17(13(2)21-12)18(20)7-6-14-4-3-5-15-11-19-9-8-16(14)15/h3-11H,1-2H3/b7-6+. The molecule has 0 atom stereocenters. The monoisotopic (exact) mass is 293 g/mol. The molecule has 0 aliphatic rings. The van der Waals surface area contributed by atoms with Crippen molar-refractivity contribution in [3.63, 3.8) is 0 Å². The number of aromatic nitrogens is 1. The Hall–Kier alpha value is -2.26. The highest BCUT2D eigenvalue weighted by atomic mass is 32.1. The zero-order valence-electron chi connectivity index (χ0n) is 12.0. The lowest BCUT2D eigenvalue weighted by Crippen LogP contribution is -1.93. The number of hydrogen-bond acceptors (Lipinski definition) is 3. The van der Waals surface area contributed by atoms with E-state index >= 15 is 0 Å². The first-order valence-corrected chi connectivity index (χ1v) is 7.59. The summed E-state index contributed by atoms with van der Waals surface area (Å²) in [5.74, 6) is 0.0582. The molecule has 0 aliphatic carbocycles. The molecule has 0 aliphatic heterocycles. The lowest BCUT2D eigenvalue weighted by atomic mass is 10.0. The van der Waals surface area contributed by atoms with Crippen molar-refractivity contribution < 1.29 is 4.79 Å². The van der Waals surface area contributed by atoms with Crippen molar-refractivity contribution in [1.29, 1.82) is 0 Å². The highest BCUT2D eigenvalue weighted by Crippen LogP contribution is 2.22. The number of hydrogen-bond donors (Lipinski definition) is 0. The molecule has 0 fully saturated rings. The molecule has 0 saturated heterocycles. The van der Waals surface area contributed by atoms with Gasteiger partial charge in [0.2, 0.25) is 0 Å². The van der Waals surface area contributed by atoms with Crippen LogP contribution in [-0.4, -0.2) is 10.8 Å². The van der Waals surface area contributed by atoms with Crippen LogP contribution in [0.25, 0.3) is 16.8 Å². The first-order valence-electron chi connectivity index (χ1n) is 6.77. The fraction of sp³-hybridized carbons (Fsp3) is 0.111. The summed E-state index contributed by atoms with van der Waals surface area (Å²) < 4.78 is 0. The topological polar surface area (TPSA) is 30.0 Å². The average molecular weight is 293 g/mol. The van der Waals surface area contributed by atoms with Gasteiger partial charge < -0.3 is 0 Å². The summed E-state index contributed by atoms with van der Waals surface area (Å²) >= 11 is 1.66. The molecule has 104 valence electrons. The van der Waals surface area contributed by atoms with E-state index in [-0.39, 0.29) is 5.78 Å². The van der Waals surface area contributed by atoms with Gasteiger partial charge in [0.15, 0.2) is 5.78 Å². The van der Waals surface area contributed by atoms with Crippen LogP contribution in [-0.2, 0) is 0 Å². The second-order valence-electron chi connectivity index (χ2n) is 4.97. The zero-order valence-corrected chi connectivity index (χ0v) is 12.8. The summed E-state index contributed by atoms with van der Waals surface area (Å²) in [4.78, 5) is 18.7. The second kappa shape index (κ2) is 5.62. The number of benzene rings is 1. The molecule has 2 nitrogen and oxygen atoms in total. The van der Waals surface area contributed by atoms with Gasteiger partial charge in [-0.15, -0.1) is 11.3 Å². The Labute approximate surface area is 127 Å². The molecule has 0 N–H and O–H groups in total. The predicted octanol–water partition coefficient (Wildman–Crippen LogP) is 4.81. The summed E-state index contributed by atoms with van der Waals surface area (Å²) in [5, 5.41) is 2.18. The Morgan fingerprint density at radius 2 is 2.10 bits per heavy atom. The van der Waals surface area contributed by atoms with Gasteiger partial charge in [-0.05, 0) is 43.0 Å². The minimum Gasteiger partial charge on any atom is -0.289 e. The van der Waals surface area contributed by atoms with Gasteiger partial charge in [-0.25, -0.2) is 0 Å². The minimum absolute atomic E-state index is 0.0582. The van der Waals surface area contributed by atoms with Crippen molar-refractivity contribution in [3.8, 4) is 0 Å². The van der Waals surface area contributed by atoms with Crippen molar-refractivity contribution in [2.45, 2.75) is 13.8 Å². The fourth-order valence-corrected chi connectivity index (χ4v) is 3.35. The average Bonchev–Trinajstić information content (AvgIpc) is 2.83. The van der Waals surface area contributed by atoms with Crippen LogP contribution in [0.4, 0.5) is 0 Å². The Bertz CT molecular complexity index is 840. The van der Waals surface area contributed by atoms with Crippen LogP contribution in [0.3, 0.4) is 0 Å². The van der Waals surface area contributed by atoms with Gasteiger partial charge in [-0.2, -0.15) is 0 Å². The van der Waals surface area contributed by atoms with Gasteiger partial charge in [0.1, 0.15) is 0 Å². The van der Waals surface area contributed by atoms with E-state index in [1.165, 1.54) is 4.88 Å². The third-order valence-electron chi connectivity index (χ3n) is 3.44. The molecule has 0 bridgehead atoms. The van der Waals surface area contributed by atoms with Crippen LogP contribution >= 0.6 is 11.3 Å². The lowest BCUT2D eigenvalue weighted by molar-refractivity contribution is 0.104. The molecule has 1 aromatic carbocycles. The number of nitrogens with zero attached hydrogens (tertiary/aromatic N) is 1. The third-order valence-corrected chi connectivity index (χ3v) is 4.40. The summed E-state index contributed by atoms with van der Waals surface area (Å²) in [6, 6.07) is 9.94. The van der Waals surface area contributed by atoms with Gasteiger partial charge in [-0.1, -0.05) is 24.3 Å². The molecular formula is C18H15NOS. The molecule has 2 aromatic heterocycles. The molecular weight excluding hydrogens is 278 g/mol. The molecule has 21 heavy (non-hydrogen) atoms. The first kappa shape index (κ1) is 13.7. The quantitative estimate of drug-likeness (QED) is 0.512. The third kappa shape index (κ3) is 2.78. The van der Waals surface area contributed by atoms with Crippen LogP contribution < -0.4 is 0 Å². The Balaban J connectivity index is 1.95. The van der Waals surface area contributed by atoms with E-state index in [1.54, 1.807) is 23.6 Å². The maximum atomic E-state index is 12.3. The van der Waals surface area contributed by atoms with Gasteiger partial charge in [0.05, 0.1) is 0 Å². The molecule has 3 heteroatoms. The number of thiophene rings is 1. The number of ketones is 1. The number of carbonyl (C=O) groups excluding carboxylic acids is 1. The van der Waals surface area contributed by atoms with Crippen LogP contribution in [0.2, 0.25) is 0 Å². The number of fused-ring (bicyclic) bond motifs is 1. The number of rotatable bonds is 3. The van der Waals surface area contributed by atoms with E-state index in [0.29, 0.717) is 0 Å². The van der Waals surface area contributed by atoms with Crippen molar-refractivity contribution >= 4 is 34.0 Å². The summed E-state index contributed by atoms with van der Waals surface area (Å²) in [5.41, 5.74) is 1.84. The number of allylic oxidation sites excluding steroid dienone is 1. The lowest BCUT2D eigenvalue weighted by Gasteiger charge is -2.01. The van der Waals surface area contributed by atoms with Crippen molar-refractivity contribution in [2.24, 2.45) is 0 Å². The SMILES string of the molecule is Cc1cc(C(=O)/C=C/c2cccc3cnccc23)c(C)s1. The van der Waals surface area contributed by atoms with Crippen LogP contribution in [0.15, 0.2) is 48.8 Å². The summed E-state index contributed by atoms with van der Waals surface area (Å²) in [6.45, 7) is 4.01. The molecule has 0 spiro atoms. The van der Waals surface area contributed by atoms with Gasteiger partial charge in [0, 0.05) is 33.1 Å². The van der Waals surface area contributed by atoms with E-state index in [9.17, 15) is 4.79 Å². The smallest absolute Gasteiger partial charge is 0.186 e. The van der Waals surface area contributed by atoms with E-state index < -0.39 is 0 Å². The molecule has 0 amide bonds. The van der Waals surface area contributed by atoms with E-state index in [0.717, 1.165) is 26.8 Å². The molecule has 3 aromatic rings. The largest absolute Gasteiger partial charge is 0.289 e. The number of carbonyl (C=O) groups is 1. The summed E-state index contributed by atoms with van der Waals surface area (Å²) in [7, 11) is 0. The first-order chi connectivity index (χ1) is 10.1. The van der Waals surface area contributed by atoms with E-state index in [2.05, 4.69) is 4.98 Å². The predicted molar refractivity (Wildman–Crippen MR) is 88.9 cm³/mol. The molecule has 0 saturated carbocycles. The highest BCUT2D eigenvalue weighted by Gasteiger charge is 2.09. The van der Waals surface area contributed by atoms with Gasteiger partial charge >= 0.3 is 0 Å². The molecule has 2 heterocycles. The van der Waals surface area contributed by atoms with E-state index in [4.69, 9.17) is 0 Å². The van der Waals surface area contributed by atoms with Crippen LogP contribution in [0.1, 0.15) is 25.7 Å². The molecule has 0 radical (unpaired) electrons. The van der Waals surface area contributed by atoms with Crippen molar-refractivity contribution in [1.82, 2.24) is 4.98 Å². The van der Waals surface area contributed by atoms with E-state index in [1.807, 2.05) is 56.5 Å². The Kier molecular flexibility index (Phi) is 3.67. The number of aryl methyl sites for hydroxylation is 2. The molecule has 3 rings (SSSR count). The minimum atomic E-state index is 0.0582. The zero-order chi connectivity index (χ0) is 14.8. The van der Waals surface area contributed by atoms with Gasteiger partial charge in [-0.3, -0.25) is 9.78 Å². The molecule has 0 unspecified atom stereocenters.